The zero-order valence-electron chi connectivity index (χ0n) is 9.49. The van der Waals surface area contributed by atoms with E-state index in [4.69, 9.17) is 0 Å². The van der Waals surface area contributed by atoms with Gasteiger partial charge < -0.3 is 0 Å². The minimum absolute atomic E-state index is 0.316. The van der Waals surface area contributed by atoms with Gasteiger partial charge in [0.1, 0.15) is 0 Å². The molecule has 1 aromatic heterocycles. The summed E-state index contributed by atoms with van der Waals surface area (Å²) in [4.78, 5) is 11.2. The van der Waals surface area contributed by atoms with Crippen LogP contribution in [0, 0.1) is 0 Å². The summed E-state index contributed by atoms with van der Waals surface area (Å²) >= 11 is 1.50. The summed E-state index contributed by atoms with van der Waals surface area (Å²) in [7, 11) is 0. The van der Waals surface area contributed by atoms with E-state index in [1.54, 1.807) is 6.07 Å². The smallest absolute Gasteiger partial charge is 0.284 e. The van der Waals surface area contributed by atoms with Gasteiger partial charge in [0, 0.05) is 25.7 Å². The van der Waals surface area contributed by atoms with Crippen LogP contribution in [0.2, 0.25) is 0 Å². The summed E-state index contributed by atoms with van der Waals surface area (Å²) in [5, 5.41) is 1.56. The molecule has 3 aromatic rings. The molecule has 2 aromatic carbocycles. The molecule has 0 bridgehead atoms. The van der Waals surface area contributed by atoms with Crippen molar-refractivity contribution in [3.63, 3.8) is 0 Å². The molecule has 0 spiro atoms. The number of halogens is 3. The van der Waals surface area contributed by atoms with E-state index < -0.39 is 12.0 Å². The number of Topliss-reactive ketones (excluding diaryl/α,β-unsaturated/α-hetero) is 1. The van der Waals surface area contributed by atoms with Gasteiger partial charge in [0.25, 0.3) is 5.78 Å². The highest BCUT2D eigenvalue weighted by Gasteiger charge is 2.39. The minimum Gasteiger partial charge on any atom is -0.284 e. The van der Waals surface area contributed by atoms with Crippen molar-refractivity contribution in [2.24, 2.45) is 0 Å². The van der Waals surface area contributed by atoms with Gasteiger partial charge in [0.05, 0.1) is 0 Å². The maximum atomic E-state index is 12.4. The Bertz CT molecular complexity index is 786. The zero-order chi connectivity index (χ0) is 13.6. The Kier molecular flexibility index (Phi) is 2.60. The molecule has 0 unspecified atom stereocenters. The number of thiophene rings is 1. The first-order valence-electron chi connectivity index (χ1n) is 5.49. The van der Waals surface area contributed by atoms with E-state index in [2.05, 4.69) is 0 Å². The van der Waals surface area contributed by atoms with Crippen LogP contribution in [-0.2, 0) is 0 Å². The summed E-state index contributed by atoms with van der Waals surface area (Å²) in [5.41, 5.74) is -0.316. The fourth-order valence-corrected chi connectivity index (χ4v) is 3.12. The average molecular weight is 280 g/mol. The van der Waals surface area contributed by atoms with E-state index >= 15 is 0 Å². The zero-order valence-corrected chi connectivity index (χ0v) is 10.3. The number of hydrogen-bond donors (Lipinski definition) is 0. The first-order chi connectivity index (χ1) is 8.97. The minimum atomic E-state index is -4.83. The molecule has 0 saturated carbocycles. The van der Waals surface area contributed by atoms with Gasteiger partial charge in [0.15, 0.2) is 0 Å². The largest absolute Gasteiger partial charge is 0.454 e. The quantitative estimate of drug-likeness (QED) is 0.585. The predicted octanol–water partition coefficient (Wildman–Crippen LogP) is 4.80. The van der Waals surface area contributed by atoms with Crippen LogP contribution in [0.15, 0.2) is 42.5 Å². The van der Waals surface area contributed by atoms with E-state index in [9.17, 15) is 18.0 Å². The van der Waals surface area contributed by atoms with E-state index in [0.717, 1.165) is 14.8 Å². The number of benzene rings is 2. The molecule has 3 rings (SSSR count). The fourth-order valence-electron chi connectivity index (χ4n) is 2.03. The van der Waals surface area contributed by atoms with Gasteiger partial charge in [-0.05, 0) is 24.3 Å². The molecule has 1 nitrogen and oxygen atoms in total. The fraction of sp³-hybridized carbons (Fsp3) is 0.0714. The Balaban J connectivity index is 2.25. The molecule has 0 aliphatic heterocycles. The molecule has 0 saturated heterocycles. The number of ketones is 1. The van der Waals surface area contributed by atoms with Crippen LogP contribution >= 0.6 is 11.3 Å². The molecule has 0 atom stereocenters. The molecule has 96 valence electrons. The van der Waals surface area contributed by atoms with Crippen molar-refractivity contribution >= 4 is 37.3 Å². The van der Waals surface area contributed by atoms with Crippen LogP contribution < -0.4 is 0 Å². The van der Waals surface area contributed by atoms with Crippen molar-refractivity contribution in [1.82, 2.24) is 0 Å². The maximum absolute atomic E-state index is 12.4. The van der Waals surface area contributed by atoms with Gasteiger partial charge in [-0.1, -0.05) is 18.2 Å². The standard InChI is InChI=1S/C14H7F3OS/c15-14(16,17)13(18)8-5-6-12-10(7-8)9-3-1-2-4-11(9)19-12/h1-7H. The Morgan fingerprint density at radius 3 is 2.37 bits per heavy atom. The molecule has 0 aliphatic carbocycles. The van der Waals surface area contributed by atoms with Crippen LogP contribution in [0.5, 0.6) is 0 Å². The summed E-state index contributed by atoms with van der Waals surface area (Å²) in [5.74, 6) is -1.80. The van der Waals surface area contributed by atoms with E-state index in [1.165, 1.54) is 23.5 Å². The third-order valence-corrected chi connectivity index (χ3v) is 4.05. The topological polar surface area (TPSA) is 17.1 Å². The van der Waals surface area contributed by atoms with Crippen LogP contribution in [0.3, 0.4) is 0 Å². The van der Waals surface area contributed by atoms with Gasteiger partial charge >= 0.3 is 6.18 Å². The first kappa shape index (κ1) is 12.2. The molecular weight excluding hydrogens is 273 g/mol. The third-order valence-electron chi connectivity index (χ3n) is 2.90. The lowest BCUT2D eigenvalue weighted by molar-refractivity contribution is -0.0885. The molecule has 0 radical (unpaired) electrons. The Hall–Kier alpha value is -1.88. The molecule has 5 heteroatoms. The van der Waals surface area contributed by atoms with Crippen LogP contribution in [0.1, 0.15) is 10.4 Å². The van der Waals surface area contributed by atoms with Gasteiger partial charge in [0.2, 0.25) is 0 Å². The second kappa shape index (κ2) is 4.06. The van der Waals surface area contributed by atoms with E-state index in [1.807, 2.05) is 24.3 Å². The van der Waals surface area contributed by atoms with Crippen molar-refractivity contribution in [1.29, 1.82) is 0 Å². The predicted molar refractivity (Wildman–Crippen MR) is 69.7 cm³/mol. The number of hydrogen-bond acceptors (Lipinski definition) is 2. The molecule has 0 aliphatic rings. The maximum Gasteiger partial charge on any atom is 0.454 e. The first-order valence-corrected chi connectivity index (χ1v) is 6.31. The second-order valence-corrected chi connectivity index (χ2v) is 5.22. The van der Waals surface area contributed by atoms with Gasteiger partial charge in [-0.25, -0.2) is 0 Å². The molecule has 0 N–H and O–H groups in total. The SMILES string of the molecule is O=C(c1ccc2sc3ccccc3c2c1)C(F)(F)F. The van der Waals surface area contributed by atoms with Crippen molar-refractivity contribution in [3.05, 3.63) is 48.0 Å². The highest BCUT2D eigenvalue weighted by molar-refractivity contribution is 7.25. The third kappa shape index (κ3) is 2.00. The Morgan fingerprint density at radius 2 is 1.63 bits per heavy atom. The number of fused-ring (bicyclic) bond motifs is 3. The average Bonchev–Trinajstić information content (AvgIpc) is 2.74. The highest BCUT2D eigenvalue weighted by atomic mass is 32.1. The molecule has 19 heavy (non-hydrogen) atoms. The molecule has 0 fully saturated rings. The van der Waals surface area contributed by atoms with E-state index in [0.29, 0.717) is 5.39 Å². The monoisotopic (exact) mass is 280 g/mol. The van der Waals surface area contributed by atoms with Crippen LogP contribution in [-0.4, -0.2) is 12.0 Å². The molecular formula is C14H7F3OS. The summed E-state index contributed by atoms with van der Waals surface area (Å²) in [6.07, 6.45) is -4.83. The van der Waals surface area contributed by atoms with Gasteiger partial charge in [-0.2, -0.15) is 13.2 Å². The number of carbonyl (C=O) groups is 1. The van der Waals surface area contributed by atoms with Crippen molar-refractivity contribution in [2.75, 3.05) is 0 Å². The lowest BCUT2D eigenvalue weighted by atomic mass is 10.1. The molecule has 0 amide bonds. The lowest BCUT2D eigenvalue weighted by Crippen LogP contribution is -2.22. The number of alkyl halides is 3. The van der Waals surface area contributed by atoms with E-state index in [-0.39, 0.29) is 5.56 Å². The Morgan fingerprint density at radius 1 is 0.947 bits per heavy atom. The van der Waals surface area contributed by atoms with Crippen molar-refractivity contribution in [2.45, 2.75) is 6.18 Å². The van der Waals surface area contributed by atoms with Crippen molar-refractivity contribution < 1.29 is 18.0 Å². The normalized spacial score (nSPS) is 12.2. The summed E-state index contributed by atoms with van der Waals surface area (Å²) in [6.45, 7) is 0. The van der Waals surface area contributed by atoms with Gasteiger partial charge in [-0.15, -0.1) is 11.3 Å². The lowest BCUT2D eigenvalue weighted by Gasteiger charge is -2.04. The number of carbonyl (C=O) groups excluding carboxylic acids is 1. The summed E-state index contributed by atoms with van der Waals surface area (Å²) in [6, 6.07) is 11.6. The van der Waals surface area contributed by atoms with Crippen molar-refractivity contribution in [3.8, 4) is 0 Å². The van der Waals surface area contributed by atoms with Crippen LogP contribution in [0.25, 0.3) is 20.2 Å². The van der Waals surface area contributed by atoms with Gasteiger partial charge in [-0.3, -0.25) is 4.79 Å². The Labute approximate surface area is 110 Å². The second-order valence-electron chi connectivity index (χ2n) is 4.14. The molecule has 1 heterocycles. The van der Waals surface area contributed by atoms with Crippen LogP contribution in [0.4, 0.5) is 13.2 Å². The number of rotatable bonds is 1. The summed E-state index contributed by atoms with van der Waals surface area (Å²) < 4.78 is 39.2. The highest BCUT2D eigenvalue weighted by Crippen LogP contribution is 2.35.